The van der Waals surface area contributed by atoms with Gasteiger partial charge in [-0.3, -0.25) is 9.48 Å². The molecule has 2 aromatic rings. The molecule has 0 radical (unpaired) electrons. The minimum Gasteiger partial charge on any atom is -0.462 e. The normalized spacial score (nSPS) is 10.5. The van der Waals surface area contributed by atoms with E-state index in [1.54, 1.807) is 36.7 Å². The summed E-state index contributed by atoms with van der Waals surface area (Å²) in [4.78, 5) is 36.5. The third-order valence-electron chi connectivity index (χ3n) is 4.02. The molecule has 0 saturated heterocycles. The number of halogens is 1. The zero-order valence-electron chi connectivity index (χ0n) is 16.7. The largest absolute Gasteiger partial charge is 0.462 e. The van der Waals surface area contributed by atoms with Gasteiger partial charge in [-0.1, -0.05) is 37.1 Å². The first-order chi connectivity index (χ1) is 13.9. The van der Waals surface area contributed by atoms with Crippen molar-refractivity contribution < 1.29 is 23.9 Å². The van der Waals surface area contributed by atoms with Crippen LogP contribution in [0, 0.1) is 6.92 Å². The average Bonchev–Trinajstić information content (AvgIpc) is 2.98. The van der Waals surface area contributed by atoms with E-state index in [-0.39, 0.29) is 28.6 Å². The zero-order valence-corrected chi connectivity index (χ0v) is 17.4. The van der Waals surface area contributed by atoms with Gasteiger partial charge in [0.1, 0.15) is 10.7 Å². The van der Waals surface area contributed by atoms with Crippen LogP contribution >= 0.6 is 11.6 Å². The highest BCUT2D eigenvalue weighted by Gasteiger charge is 2.22. The van der Waals surface area contributed by atoms with Gasteiger partial charge in [0.25, 0.3) is 5.91 Å². The summed E-state index contributed by atoms with van der Waals surface area (Å²) in [5, 5.41) is 6.98. The number of rotatable bonds is 9. The number of anilines is 1. The van der Waals surface area contributed by atoms with Crippen LogP contribution in [0.2, 0.25) is 5.15 Å². The summed E-state index contributed by atoms with van der Waals surface area (Å²) >= 11 is 6.24. The molecule has 8 nitrogen and oxygen atoms in total. The van der Waals surface area contributed by atoms with Crippen LogP contribution in [0.1, 0.15) is 53.1 Å². The summed E-state index contributed by atoms with van der Waals surface area (Å²) < 4.78 is 11.6. The fourth-order valence-corrected chi connectivity index (χ4v) is 2.95. The van der Waals surface area contributed by atoms with Crippen molar-refractivity contribution in [2.45, 2.75) is 40.2 Å². The number of hydrogen-bond donors (Lipinski definition) is 1. The molecular formula is C20H24ClN3O5. The summed E-state index contributed by atoms with van der Waals surface area (Å²) in [7, 11) is 0. The van der Waals surface area contributed by atoms with Crippen LogP contribution in [0.5, 0.6) is 0 Å². The first-order valence-corrected chi connectivity index (χ1v) is 9.72. The van der Waals surface area contributed by atoms with Crippen molar-refractivity contribution in [2.24, 2.45) is 0 Å². The lowest BCUT2D eigenvalue weighted by molar-refractivity contribution is -0.119. The molecule has 1 amide bonds. The molecule has 0 fully saturated rings. The SMILES string of the molecule is CCCCn1nc(C)c(C(=O)OCC(=O)Nc2ccccc2C(=O)OCC)c1Cl. The Morgan fingerprint density at radius 1 is 1.14 bits per heavy atom. The molecule has 29 heavy (non-hydrogen) atoms. The number of unbranched alkanes of at least 4 members (excludes halogenated alkanes) is 1. The number of aromatic nitrogens is 2. The van der Waals surface area contributed by atoms with E-state index in [0.717, 1.165) is 12.8 Å². The Morgan fingerprint density at radius 2 is 1.86 bits per heavy atom. The van der Waals surface area contributed by atoms with Crippen LogP contribution in [0.3, 0.4) is 0 Å². The van der Waals surface area contributed by atoms with Crippen LogP contribution in [-0.2, 0) is 20.8 Å². The van der Waals surface area contributed by atoms with Gasteiger partial charge >= 0.3 is 11.9 Å². The standard InChI is InChI=1S/C20H24ClN3O5/c1-4-6-11-24-18(21)17(13(3)23-24)20(27)29-12-16(25)22-15-10-8-7-9-14(15)19(26)28-5-2/h7-10H,4-6,11-12H2,1-3H3,(H,22,25). The summed E-state index contributed by atoms with van der Waals surface area (Å²) in [5.74, 6) is -1.88. The Balaban J connectivity index is 2.01. The molecule has 0 aliphatic heterocycles. The highest BCUT2D eigenvalue weighted by atomic mass is 35.5. The van der Waals surface area contributed by atoms with Crippen LogP contribution in [0.15, 0.2) is 24.3 Å². The zero-order chi connectivity index (χ0) is 21.4. The number of para-hydroxylation sites is 1. The molecule has 1 aromatic carbocycles. The van der Waals surface area contributed by atoms with Crippen LogP contribution < -0.4 is 5.32 Å². The third-order valence-corrected chi connectivity index (χ3v) is 4.41. The molecule has 1 heterocycles. The van der Waals surface area contributed by atoms with Crippen molar-refractivity contribution >= 4 is 35.1 Å². The first-order valence-electron chi connectivity index (χ1n) is 9.35. The van der Waals surface area contributed by atoms with E-state index in [0.29, 0.717) is 12.2 Å². The summed E-state index contributed by atoms with van der Waals surface area (Å²) in [6.07, 6.45) is 1.83. The predicted octanol–water partition coefficient (Wildman–Crippen LogP) is 3.62. The van der Waals surface area contributed by atoms with E-state index in [1.807, 2.05) is 6.92 Å². The number of amides is 1. The van der Waals surface area contributed by atoms with E-state index >= 15 is 0 Å². The predicted molar refractivity (Wildman–Crippen MR) is 108 cm³/mol. The fraction of sp³-hybridized carbons (Fsp3) is 0.400. The maximum atomic E-state index is 12.4. The van der Waals surface area contributed by atoms with E-state index in [2.05, 4.69) is 10.4 Å². The number of carbonyl (C=O) groups excluding carboxylic acids is 3. The first kappa shape index (κ1) is 22.4. The second kappa shape index (κ2) is 10.6. The number of carbonyl (C=O) groups is 3. The molecular weight excluding hydrogens is 398 g/mol. The van der Waals surface area contributed by atoms with Crippen molar-refractivity contribution in [1.82, 2.24) is 9.78 Å². The maximum Gasteiger partial charge on any atom is 0.343 e. The lowest BCUT2D eigenvalue weighted by Crippen LogP contribution is -2.22. The Kier molecular flexibility index (Phi) is 8.21. The van der Waals surface area contributed by atoms with Crippen molar-refractivity contribution in [2.75, 3.05) is 18.5 Å². The van der Waals surface area contributed by atoms with Crippen molar-refractivity contribution in [1.29, 1.82) is 0 Å². The number of nitrogens with zero attached hydrogens (tertiary/aromatic N) is 2. The lowest BCUT2D eigenvalue weighted by Gasteiger charge is -2.10. The van der Waals surface area contributed by atoms with Crippen LogP contribution in [0.25, 0.3) is 0 Å². The van der Waals surface area contributed by atoms with E-state index in [9.17, 15) is 14.4 Å². The maximum absolute atomic E-state index is 12.4. The summed E-state index contributed by atoms with van der Waals surface area (Å²) in [6, 6.07) is 6.42. The fourth-order valence-electron chi connectivity index (χ4n) is 2.61. The number of aryl methyl sites for hydroxylation is 2. The molecule has 0 bridgehead atoms. The van der Waals surface area contributed by atoms with E-state index in [4.69, 9.17) is 21.1 Å². The van der Waals surface area contributed by atoms with Gasteiger partial charge in [-0.2, -0.15) is 5.10 Å². The monoisotopic (exact) mass is 421 g/mol. The summed E-state index contributed by atoms with van der Waals surface area (Å²) in [5.41, 5.74) is 1.06. The number of ether oxygens (including phenoxy) is 2. The second-order valence-corrected chi connectivity index (χ2v) is 6.58. The van der Waals surface area contributed by atoms with E-state index in [1.165, 1.54) is 6.07 Å². The Morgan fingerprint density at radius 3 is 2.55 bits per heavy atom. The van der Waals surface area contributed by atoms with Gasteiger partial charge in [0.05, 0.1) is 23.6 Å². The molecule has 1 aromatic heterocycles. The van der Waals surface area contributed by atoms with Crippen molar-refractivity contribution in [3.63, 3.8) is 0 Å². The molecule has 2 rings (SSSR count). The van der Waals surface area contributed by atoms with Gasteiger partial charge in [0, 0.05) is 6.54 Å². The number of benzene rings is 1. The third kappa shape index (κ3) is 5.80. The quantitative estimate of drug-likeness (QED) is 0.621. The molecule has 0 aliphatic rings. The van der Waals surface area contributed by atoms with Gasteiger partial charge in [-0.25, -0.2) is 9.59 Å². The lowest BCUT2D eigenvalue weighted by atomic mass is 10.2. The number of nitrogens with one attached hydrogen (secondary N) is 1. The Bertz CT molecular complexity index is 894. The smallest absolute Gasteiger partial charge is 0.343 e. The molecule has 0 spiro atoms. The minimum atomic E-state index is -0.732. The van der Waals surface area contributed by atoms with Gasteiger partial charge in [0.15, 0.2) is 6.61 Å². The topological polar surface area (TPSA) is 99.5 Å². The summed E-state index contributed by atoms with van der Waals surface area (Å²) in [6.45, 7) is 5.65. The van der Waals surface area contributed by atoms with Crippen LogP contribution in [0.4, 0.5) is 5.69 Å². The van der Waals surface area contributed by atoms with E-state index < -0.39 is 24.5 Å². The van der Waals surface area contributed by atoms with Gasteiger partial charge < -0.3 is 14.8 Å². The van der Waals surface area contributed by atoms with Gasteiger partial charge in [-0.15, -0.1) is 0 Å². The molecule has 0 aliphatic carbocycles. The van der Waals surface area contributed by atoms with Crippen molar-refractivity contribution in [3.05, 3.63) is 46.2 Å². The minimum absolute atomic E-state index is 0.141. The van der Waals surface area contributed by atoms with Crippen LogP contribution in [-0.4, -0.2) is 40.8 Å². The Labute approximate surface area is 174 Å². The van der Waals surface area contributed by atoms with Gasteiger partial charge in [-0.05, 0) is 32.4 Å². The average molecular weight is 422 g/mol. The second-order valence-electron chi connectivity index (χ2n) is 6.22. The number of esters is 2. The molecule has 0 unspecified atom stereocenters. The molecule has 156 valence electrons. The molecule has 9 heteroatoms. The highest BCUT2D eigenvalue weighted by molar-refractivity contribution is 6.32. The molecule has 0 atom stereocenters. The molecule has 0 saturated carbocycles. The van der Waals surface area contributed by atoms with Crippen molar-refractivity contribution in [3.8, 4) is 0 Å². The molecule has 1 N–H and O–H groups in total. The van der Waals surface area contributed by atoms with Gasteiger partial charge in [0.2, 0.25) is 0 Å². The highest BCUT2D eigenvalue weighted by Crippen LogP contribution is 2.21. The Hall–Kier alpha value is -2.87. The number of hydrogen-bond acceptors (Lipinski definition) is 6.